The maximum atomic E-state index is 12.2. The van der Waals surface area contributed by atoms with Crippen molar-refractivity contribution in [1.29, 1.82) is 0 Å². The Labute approximate surface area is 151 Å². The maximum absolute atomic E-state index is 12.2. The predicted octanol–water partition coefficient (Wildman–Crippen LogP) is 3.15. The largest absolute Gasteiger partial charge is 0.332 e. The second-order valence-electron chi connectivity index (χ2n) is 6.09. The highest BCUT2D eigenvalue weighted by molar-refractivity contribution is 6.33. The third-order valence-electron chi connectivity index (χ3n) is 3.90. The molecule has 0 aromatic heterocycles. The van der Waals surface area contributed by atoms with Crippen molar-refractivity contribution in [1.82, 2.24) is 0 Å². The Morgan fingerprint density at radius 3 is 2.48 bits per heavy atom. The molecule has 25 heavy (non-hydrogen) atoms. The SMILES string of the molecule is CC(C)[C@H]([NH2+]CC(=O)Nc1ccc([N+](=O)[O-])cc1Cl)c1ccccc1. The molecule has 0 saturated heterocycles. The number of nitro groups is 1. The number of anilines is 1. The van der Waals surface area contributed by atoms with Crippen LogP contribution in [-0.2, 0) is 4.79 Å². The van der Waals surface area contributed by atoms with E-state index in [4.69, 9.17) is 11.6 Å². The van der Waals surface area contributed by atoms with Crippen molar-refractivity contribution >= 4 is 28.9 Å². The Morgan fingerprint density at radius 1 is 1.24 bits per heavy atom. The van der Waals surface area contributed by atoms with Crippen molar-refractivity contribution in [3.05, 3.63) is 69.2 Å². The van der Waals surface area contributed by atoms with Gasteiger partial charge in [0.25, 0.3) is 11.6 Å². The number of carbonyl (C=O) groups is 1. The summed E-state index contributed by atoms with van der Waals surface area (Å²) in [7, 11) is 0. The number of halogens is 1. The molecule has 132 valence electrons. The van der Waals surface area contributed by atoms with E-state index in [-0.39, 0.29) is 29.2 Å². The lowest BCUT2D eigenvalue weighted by Crippen LogP contribution is -2.88. The second kappa shape index (κ2) is 8.60. The zero-order chi connectivity index (χ0) is 18.4. The number of hydrogen-bond donors (Lipinski definition) is 2. The van der Waals surface area contributed by atoms with E-state index in [1.165, 1.54) is 23.8 Å². The van der Waals surface area contributed by atoms with Crippen LogP contribution in [0.2, 0.25) is 5.02 Å². The van der Waals surface area contributed by atoms with Gasteiger partial charge in [0, 0.05) is 23.6 Å². The Hall–Kier alpha value is -2.44. The Morgan fingerprint density at radius 2 is 1.92 bits per heavy atom. The van der Waals surface area contributed by atoms with Gasteiger partial charge in [-0.15, -0.1) is 0 Å². The highest BCUT2D eigenvalue weighted by Crippen LogP contribution is 2.26. The summed E-state index contributed by atoms with van der Waals surface area (Å²) < 4.78 is 0. The molecule has 1 atom stereocenters. The highest BCUT2D eigenvalue weighted by atomic mass is 35.5. The summed E-state index contributed by atoms with van der Waals surface area (Å²) in [6.07, 6.45) is 0. The number of rotatable bonds is 7. The van der Waals surface area contributed by atoms with E-state index in [9.17, 15) is 14.9 Å². The maximum Gasteiger partial charge on any atom is 0.279 e. The van der Waals surface area contributed by atoms with E-state index in [0.29, 0.717) is 11.6 Å². The average molecular weight is 363 g/mol. The standard InChI is InChI=1S/C18H20ClN3O3/c1-12(2)18(13-6-4-3-5-7-13)20-11-17(23)21-16-9-8-14(22(24)25)10-15(16)19/h3-10,12,18,20H,11H2,1-2H3,(H,21,23)/p+1/t18-/m0/s1. The smallest absolute Gasteiger partial charge is 0.279 e. The van der Waals surface area contributed by atoms with Gasteiger partial charge in [-0.1, -0.05) is 55.8 Å². The quantitative estimate of drug-likeness (QED) is 0.585. The van der Waals surface area contributed by atoms with Crippen molar-refractivity contribution < 1.29 is 15.0 Å². The molecule has 6 nitrogen and oxygen atoms in total. The van der Waals surface area contributed by atoms with E-state index >= 15 is 0 Å². The molecule has 0 aliphatic heterocycles. The van der Waals surface area contributed by atoms with E-state index < -0.39 is 4.92 Å². The number of nitrogens with one attached hydrogen (secondary N) is 1. The zero-order valence-corrected chi connectivity index (χ0v) is 14.9. The Balaban J connectivity index is 1.99. The van der Waals surface area contributed by atoms with Gasteiger partial charge < -0.3 is 10.6 Å². The lowest BCUT2D eigenvalue weighted by atomic mass is 9.96. The summed E-state index contributed by atoms with van der Waals surface area (Å²) in [6, 6.07) is 14.2. The summed E-state index contributed by atoms with van der Waals surface area (Å²) in [4.78, 5) is 22.4. The van der Waals surface area contributed by atoms with Crippen LogP contribution in [0.15, 0.2) is 48.5 Å². The molecule has 0 radical (unpaired) electrons. The fraction of sp³-hybridized carbons (Fsp3) is 0.278. The summed E-state index contributed by atoms with van der Waals surface area (Å²) in [5, 5.41) is 15.5. The Kier molecular flexibility index (Phi) is 6.50. The molecule has 0 spiro atoms. The first-order valence-corrected chi connectivity index (χ1v) is 8.38. The molecule has 0 unspecified atom stereocenters. The average Bonchev–Trinajstić information content (AvgIpc) is 2.57. The number of benzene rings is 2. The predicted molar refractivity (Wildman–Crippen MR) is 97.5 cm³/mol. The molecule has 0 heterocycles. The molecular formula is C18H21ClN3O3+. The number of hydrogen-bond acceptors (Lipinski definition) is 3. The summed E-state index contributed by atoms with van der Waals surface area (Å²) in [5.41, 5.74) is 1.42. The number of carbonyl (C=O) groups excluding carboxylic acids is 1. The third-order valence-corrected chi connectivity index (χ3v) is 4.21. The van der Waals surface area contributed by atoms with Gasteiger partial charge in [-0.25, -0.2) is 0 Å². The van der Waals surface area contributed by atoms with Gasteiger partial charge in [-0.2, -0.15) is 0 Å². The van der Waals surface area contributed by atoms with Gasteiger partial charge in [0.15, 0.2) is 6.54 Å². The first-order chi connectivity index (χ1) is 11.9. The van der Waals surface area contributed by atoms with Gasteiger partial charge in [-0.3, -0.25) is 14.9 Å². The molecule has 2 aromatic carbocycles. The van der Waals surface area contributed by atoms with Crippen molar-refractivity contribution in [3.63, 3.8) is 0 Å². The van der Waals surface area contributed by atoms with Gasteiger partial charge in [0.1, 0.15) is 6.04 Å². The summed E-state index contributed by atoms with van der Waals surface area (Å²) >= 11 is 6.00. The van der Waals surface area contributed by atoms with Crippen molar-refractivity contribution in [2.75, 3.05) is 11.9 Å². The lowest BCUT2D eigenvalue weighted by Gasteiger charge is -2.19. The number of quaternary nitrogens is 1. The van der Waals surface area contributed by atoms with Crippen LogP contribution in [0.3, 0.4) is 0 Å². The molecule has 0 saturated carbocycles. The minimum atomic E-state index is -0.529. The minimum absolute atomic E-state index is 0.112. The molecular weight excluding hydrogens is 342 g/mol. The third kappa shape index (κ3) is 5.27. The topological polar surface area (TPSA) is 88.8 Å². The molecule has 3 N–H and O–H groups in total. The van der Waals surface area contributed by atoms with E-state index in [2.05, 4.69) is 19.2 Å². The van der Waals surface area contributed by atoms with Gasteiger partial charge >= 0.3 is 0 Å². The fourth-order valence-corrected chi connectivity index (χ4v) is 2.84. The first-order valence-electron chi connectivity index (χ1n) is 8.00. The van der Waals surface area contributed by atoms with Crippen molar-refractivity contribution in [2.24, 2.45) is 5.92 Å². The highest BCUT2D eigenvalue weighted by Gasteiger charge is 2.20. The number of non-ortho nitro benzene ring substituents is 1. The molecule has 2 aromatic rings. The van der Waals surface area contributed by atoms with Crippen LogP contribution >= 0.6 is 11.6 Å². The van der Waals surface area contributed by atoms with Crippen LogP contribution in [0.25, 0.3) is 0 Å². The number of nitro benzene ring substituents is 1. The lowest BCUT2D eigenvalue weighted by molar-refractivity contribution is -0.692. The first kappa shape index (κ1) is 18.9. The van der Waals surface area contributed by atoms with E-state index in [0.717, 1.165) is 0 Å². The molecule has 0 bridgehead atoms. The van der Waals surface area contributed by atoms with Gasteiger partial charge in [-0.05, 0) is 6.07 Å². The monoisotopic (exact) mass is 362 g/mol. The molecule has 1 amide bonds. The molecule has 7 heteroatoms. The van der Waals surface area contributed by atoms with Gasteiger partial charge in [0.2, 0.25) is 0 Å². The Bertz CT molecular complexity index is 750. The van der Waals surface area contributed by atoms with Crippen LogP contribution in [-0.4, -0.2) is 17.4 Å². The van der Waals surface area contributed by atoms with Crippen molar-refractivity contribution in [2.45, 2.75) is 19.9 Å². The normalized spacial score (nSPS) is 12.0. The number of nitrogens with zero attached hydrogens (tertiary/aromatic N) is 1. The van der Waals surface area contributed by atoms with Crippen LogP contribution in [0.4, 0.5) is 11.4 Å². The molecule has 0 fully saturated rings. The van der Waals surface area contributed by atoms with Gasteiger partial charge in [0.05, 0.1) is 15.6 Å². The zero-order valence-electron chi connectivity index (χ0n) is 14.1. The number of amides is 1. The van der Waals surface area contributed by atoms with E-state index in [1.54, 1.807) is 0 Å². The second-order valence-corrected chi connectivity index (χ2v) is 6.50. The molecule has 0 aliphatic carbocycles. The number of nitrogens with two attached hydrogens (primary N) is 1. The van der Waals surface area contributed by atoms with Crippen LogP contribution < -0.4 is 10.6 Å². The molecule has 2 rings (SSSR count). The summed E-state index contributed by atoms with van der Waals surface area (Å²) in [6.45, 7) is 4.45. The fourth-order valence-electron chi connectivity index (χ4n) is 2.62. The van der Waals surface area contributed by atoms with Crippen molar-refractivity contribution in [3.8, 4) is 0 Å². The van der Waals surface area contributed by atoms with Crippen LogP contribution in [0.5, 0.6) is 0 Å². The minimum Gasteiger partial charge on any atom is -0.332 e. The molecule has 0 aliphatic rings. The van der Waals surface area contributed by atoms with E-state index in [1.807, 2.05) is 35.6 Å². The summed E-state index contributed by atoms with van der Waals surface area (Å²) in [5.74, 6) is 0.149. The van der Waals surface area contributed by atoms with Crippen LogP contribution in [0.1, 0.15) is 25.5 Å². The van der Waals surface area contributed by atoms with Crippen LogP contribution in [0, 0.1) is 16.0 Å².